The molecule has 2 rings (SSSR count). The molecule has 5 heteroatoms. The number of carboxylic acids is 1. The van der Waals surface area contributed by atoms with Gasteiger partial charge in [-0.25, -0.2) is 4.79 Å². The maximum absolute atomic E-state index is 10.7. The molecule has 72 valence electrons. The maximum Gasteiger partial charge on any atom is 0.354 e. The van der Waals surface area contributed by atoms with Crippen LogP contribution in [0.3, 0.4) is 0 Å². The maximum atomic E-state index is 10.7. The number of anilines is 1. The van der Waals surface area contributed by atoms with Crippen molar-refractivity contribution in [2.24, 2.45) is 0 Å². The topological polar surface area (TPSA) is 79.1 Å². The lowest BCUT2D eigenvalue weighted by molar-refractivity contribution is 0.0692. The van der Waals surface area contributed by atoms with Crippen molar-refractivity contribution in [2.75, 3.05) is 5.73 Å². The second-order valence-electron chi connectivity index (χ2n) is 2.91. The largest absolute Gasteiger partial charge is 0.477 e. The van der Waals surface area contributed by atoms with Gasteiger partial charge in [0.2, 0.25) is 0 Å². The van der Waals surface area contributed by atoms with Crippen LogP contribution < -0.4 is 5.73 Å². The van der Waals surface area contributed by atoms with Gasteiger partial charge in [-0.2, -0.15) is 0 Å². The lowest BCUT2D eigenvalue weighted by Crippen LogP contribution is -2.00. The molecule has 1 aromatic heterocycles. The van der Waals surface area contributed by atoms with Crippen molar-refractivity contribution in [3.05, 3.63) is 28.9 Å². The van der Waals surface area contributed by atoms with Crippen molar-refractivity contribution < 1.29 is 9.90 Å². The fourth-order valence-electron chi connectivity index (χ4n) is 1.36. The molecule has 0 saturated carbocycles. The van der Waals surface area contributed by atoms with Gasteiger partial charge in [-0.1, -0.05) is 11.6 Å². The van der Waals surface area contributed by atoms with E-state index in [0.717, 1.165) is 0 Å². The number of H-pyrrole nitrogens is 1. The standard InChI is InChI=1S/C9H7ClN2O2/c10-4-1-2-5-6(3-4)12-8(7(5)11)9(13)14/h1-3,12H,11H2,(H,13,14). The van der Waals surface area contributed by atoms with Crippen molar-refractivity contribution in [3.63, 3.8) is 0 Å². The predicted molar refractivity (Wildman–Crippen MR) is 54.7 cm³/mol. The lowest BCUT2D eigenvalue weighted by Gasteiger charge is -1.91. The van der Waals surface area contributed by atoms with Crippen molar-refractivity contribution >= 4 is 34.2 Å². The highest BCUT2D eigenvalue weighted by Gasteiger charge is 2.13. The molecular formula is C9H7ClN2O2. The third kappa shape index (κ3) is 1.20. The number of nitrogens with one attached hydrogen (secondary N) is 1. The predicted octanol–water partition coefficient (Wildman–Crippen LogP) is 2.10. The number of carbonyl (C=O) groups is 1. The molecule has 0 radical (unpaired) electrons. The van der Waals surface area contributed by atoms with Crippen LogP contribution in [0.15, 0.2) is 18.2 Å². The summed E-state index contributed by atoms with van der Waals surface area (Å²) in [5.41, 5.74) is 6.51. The minimum atomic E-state index is -1.07. The van der Waals surface area contributed by atoms with Crippen molar-refractivity contribution in [1.82, 2.24) is 4.98 Å². The van der Waals surface area contributed by atoms with Crippen molar-refractivity contribution in [2.45, 2.75) is 0 Å². The highest BCUT2D eigenvalue weighted by Crippen LogP contribution is 2.26. The molecule has 1 aromatic carbocycles. The number of aromatic carboxylic acids is 1. The third-order valence-electron chi connectivity index (χ3n) is 2.01. The highest BCUT2D eigenvalue weighted by atomic mass is 35.5. The molecule has 0 spiro atoms. The second-order valence-corrected chi connectivity index (χ2v) is 3.35. The number of aromatic amines is 1. The van der Waals surface area contributed by atoms with Crippen LogP contribution in [0.25, 0.3) is 10.9 Å². The lowest BCUT2D eigenvalue weighted by atomic mass is 10.2. The SMILES string of the molecule is Nc1c(C(=O)O)[nH]c2cc(Cl)ccc12. The summed E-state index contributed by atoms with van der Waals surface area (Å²) in [7, 11) is 0. The number of hydrogen-bond acceptors (Lipinski definition) is 2. The summed E-state index contributed by atoms with van der Waals surface area (Å²) in [5, 5.41) is 10.0. The van der Waals surface area contributed by atoms with E-state index in [4.69, 9.17) is 22.4 Å². The number of aromatic nitrogens is 1. The van der Waals surface area contributed by atoms with Gasteiger partial charge in [0, 0.05) is 15.9 Å². The molecule has 1 heterocycles. The Morgan fingerprint density at radius 1 is 1.50 bits per heavy atom. The number of benzene rings is 1. The first kappa shape index (κ1) is 8.90. The number of nitrogens with two attached hydrogens (primary N) is 1. The zero-order chi connectivity index (χ0) is 10.3. The average molecular weight is 211 g/mol. The van der Waals surface area contributed by atoms with Crippen LogP contribution in [-0.2, 0) is 0 Å². The monoisotopic (exact) mass is 210 g/mol. The number of carboxylic acid groups (broad SMARTS) is 1. The van der Waals surface area contributed by atoms with Gasteiger partial charge in [-0.15, -0.1) is 0 Å². The molecular weight excluding hydrogens is 204 g/mol. The molecule has 14 heavy (non-hydrogen) atoms. The summed E-state index contributed by atoms with van der Waals surface area (Å²) < 4.78 is 0. The smallest absolute Gasteiger partial charge is 0.354 e. The molecule has 0 bridgehead atoms. The Bertz CT molecular complexity index is 519. The number of halogens is 1. The van der Waals surface area contributed by atoms with E-state index in [0.29, 0.717) is 15.9 Å². The zero-order valence-corrected chi connectivity index (χ0v) is 7.80. The minimum Gasteiger partial charge on any atom is -0.477 e. The van der Waals surface area contributed by atoms with E-state index in [2.05, 4.69) is 4.98 Å². The number of nitrogen functional groups attached to an aromatic ring is 1. The summed E-state index contributed by atoms with van der Waals surface area (Å²) in [4.78, 5) is 13.4. The van der Waals surface area contributed by atoms with Gasteiger partial charge in [0.1, 0.15) is 5.69 Å². The van der Waals surface area contributed by atoms with E-state index < -0.39 is 5.97 Å². The normalized spacial score (nSPS) is 10.6. The van der Waals surface area contributed by atoms with Crippen LogP contribution in [0.4, 0.5) is 5.69 Å². The average Bonchev–Trinajstić information content (AvgIpc) is 2.43. The Hall–Kier alpha value is -1.68. The Morgan fingerprint density at radius 3 is 2.86 bits per heavy atom. The number of fused-ring (bicyclic) bond motifs is 1. The van der Waals surface area contributed by atoms with Crippen LogP contribution in [-0.4, -0.2) is 16.1 Å². The van der Waals surface area contributed by atoms with Gasteiger partial charge in [0.15, 0.2) is 0 Å². The summed E-state index contributed by atoms with van der Waals surface area (Å²) in [5.74, 6) is -1.07. The molecule has 0 aliphatic rings. The molecule has 4 nitrogen and oxygen atoms in total. The molecule has 0 aliphatic heterocycles. The fourth-order valence-corrected chi connectivity index (χ4v) is 1.53. The molecule has 0 aliphatic carbocycles. The molecule has 0 unspecified atom stereocenters. The Kier molecular flexibility index (Phi) is 1.86. The van der Waals surface area contributed by atoms with Crippen LogP contribution in [0, 0.1) is 0 Å². The van der Waals surface area contributed by atoms with Crippen LogP contribution >= 0.6 is 11.6 Å². The van der Waals surface area contributed by atoms with Crippen LogP contribution in [0.1, 0.15) is 10.5 Å². The summed E-state index contributed by atoms with van der Waals surface area (Å²) >= 11 is 5.75. The first-order valence-corrected chi connectivity index (χ1v) is 4.27. The molecule has 4 N–H and O–H groups in total. The quantitative estimate of drug-likeness (QED) is 0.675. The van der Waals surface area contributed by atoms with Gasteiger partial charge in [-0.3, -0.25) is 0 Å². The van der Waals surface area contributed by atoms with E-state index in [1.807, 2.05) is 0 Å². The highest BCUT2D eigenvalue weighted by molar-refractivity contribution is 6.31. The van der Waals surface area contributed by atoms with Crippen LogP contribution in [0.5, 0.6) is 0 Å². The van der Waals surface area contributed by atoms with E-state index >= 15 is 0 Å². The van der Waals surface area contributed by atoms with Gasteiger partial charge < -0.3 is 15.8 Å². The minimum absolute atomic E-state index is 0.00210. The summed E-state index contributed by atoms with van der Waals surface area (Å²) in [6, 6.07) is 5.00. The zero-order valence-electron chi connectivity index (χ0n) is 7.04. The summed E-state index contributed by atoms with van der Waals surface area (Å²) in [6.07, 6.45) is 0. The molecule has 0 saturated heterocycles. The Balaban J connectivity index is 2.79. The molecule has 0 fully saturated rings. The third-order valence-corrected chi connectivity index (χ3v) is 2.25. The van der Waals surface area contributed by atoms with Crippen molar-refractivity contribution in [1.29, 1.82) is 0 Å². The molecule has 0 amide bonds. The van der Waals surface area contributed by atoms with Crippen molar-refractivity contribution in [3.8, 4) is 0 Å². The Morgan fingerprint density at radius 2 is 2.21 bits per heavy atom. The van der Waals surface area contributed by atoms with E-state index in [1.165, 1.54) is 0 Å². The van der Waals surface area contributed by atoms with Gasteiger partial charge in [-0.05, 0) is 18.2 Å². The molecule has 2 aromatic rings. The van der Waals surface area contributed by atoms with Gasteiger partial charge in [0.25, 0.3) is 0 Å². The first-order chi connectivity index (χ1) is 6.59. The van der Waals surface area contributed by atoms with Gasteiger partial charge >= 0.3 is 5.97 Å². The summed E-state index contributed by atoms with van der Waals surface area (Å²) in [6.45, 7) is 0. The van der Waals surface area contributed by atoms with Gasteiger partial charge in [0.05, 0.1) is 5.69 Å². The van der Waals surface area contributed by atoms with Crippen LogP contribution in [0.2, 0.25) is 5.02 Å². The number of rotatable bonds is 1. The van der Waals surface area contributed by atoms with E-state index in [-0.39, 0.29) is 11.4 Å². The molecule has 0 atom stereocenters. The first-order valence-electron chi connectivity index (χ1n) is 3.89. The number of hydrogen-bond donors (Lipinski definition) is 3. The Labute approximate surface area is 84.3 Å². The van der Waals surface area contributed by atoms with E-state index in [9.17, 15) is 4.79 Å². The second kappa shape index (κ2) is 2.92. The van der Waals surface area contributed by atoms with E-state index in [1.54, 1.807) is 18.2 Å². The fraction of sp³-hybridized carbons (Fsp3) is 0.